The third kappa shape index (κ3) is 4.26. The number of rotatable bonds is 6. The first-order valence-electron chi connectivity index (χ1n) is 8.89. The molecule has 31 heavy (non-hydrogen) atoms. The van der Waals surface area contributed by atoms with Crippen molar-refractivity contribution in [2.75, 3.05) is 10.0 Å². The van der Waals surface area contributed by atoms with Crippen molar-refractivity contribution in [3.05, 3.63) is 88.7 Å². The second kappa shape index (κ2) is 7.95. The fourth-order valence-electron chi connectivity index (χ4n) is 2.78. The summed E-state index contributed by atoms with van der Waals surface area (Å²) >= 11 is 0. The Bertz CT molecular complexity index is 1390. The van der Waals surface area contributed by atoms with Crippen molar-refractivity contribution in [3.8, 4) is 0 Å². The van der Waals surface area contributed by atoms with Gasteiger partial charge in [0.2, 0.25) is 0 Å². The number of fused-ring (bicyclic) bond motifs is 1. The first-order valence-corrected chi connectivity index (χ1v) is 10.4. The summed E-state index contributed by atoms with van der Waals surface area (Å²) in [6.45, 7) is 0. The second-order valence-corrected chi connectivity index (χ2v) is 8.05. The van der Waals surface area contributed by atoms with E-state index >= 15 is 0 Å². The van der Waals surface area contributed by atoms with E-state index in [9.17, 15) is 22.9 Å². The number of nitro benzene ring substituents is 1. The van der Waals surface area contributed by atoms with E-state index in [4.69, 9.17) is 0 Å². The molecule has 0 aliphatic carbocycles. The van der Waals surface area contributed by atoms with Gasteiger partial charge in [-0.25, -0.2) is 22.8 Å². The summed E-state index contributed by atoms with van der Waals surface area (Å²) in [5.74, 6) is -0.712. The summed E-state index contributed by atoms with van der Waals surface area (Å²) in [6, 6.07) is 17.0. The summed E-state index contributed by atoms with van der Waals surface area (Å²) in [5, 5.41) is 13.6. The molecule has 0 saturated heterocycles. The van der Waals surface area contributed by atoms with E-state index < -0.39 is 20.8 Å². The fraction of sp³-hybridized carbons (Fsp3) is 0. The van der Waals surface area contributed by atoms with Gasteiger partial charge in [0.1, 0.15) is 5.82 Å². The lowest BCUT2D eigenvalue weighted by molar-refractivity contribution is -0.384. The largest absolute Gasteiger partial charge is 0.335 e. The number of anilines is 3. The molecule has 1 heterocycles. The molecule has 0 bridgehead atoms. The minimum atomic E-state index is -4.16. The predicted molar refractivity (Wildman–Crippen MR) is 113 cm³/mol. The number of hydrogen-bond donors (Lipinski definition) is 2. The lowest BCUT2D eigenvalue weighted by Crippen LogP contribution is -2.16. The van der Waals surface area contributed by atoms with Crippen molar-refractivity contribution in [2.45, 2.75) is 4.90 Å². The number of hydrogen-bond acceptors (Lipinski definition) is 7. The topological polar surface area (TPSA) is 127 Å². The van der Waals surface area contributed by atoms with Crippen LogP contribution in [0.25, 0.3) is 11.0 Å². The van der Waals surface area contributed by atoms with Crippen molar-refractivity contribution >= 4 is 44.1 Å². The molecular formula is C20H14FN5O4S. The first-order chi connectivity index (χ1) is 14.8. The molecule has 0 saturated carbocycles. The van der Waals surface area contributed by atoms with Gasteiger partial charge in [-0.3, -0.25) is 14.8 Å². The highest BCUT2D eigenvalue weighted by Crippen LogP contribution is 2.28. The molecule has 0 aliphatic rings. The number of aromatic nitrogens is 2. The first kappa shape index (κ1) is 20.2. The summed E-state index contributed by atoms with van der Waals surface area (Å²) in [6.07, 6.45) is 0. The number of sulfonamides is 1. The normalized spacial score (nSPS) is 11.3. The van der Waals surface area contributed by atoms with Gasteiger partial charge in [-0.2, -0.15) is 0 Å². The SMILES string of the molecule is O=[N+]([O-])c1ccc(S(=O)(=O)Nc2nc3ccccc3nc2Nc2ccccc2F)cc1. The Hall–Kier alpha value is -4.12. The van der Waals surface area contributed by atoms with Crippen LogP contribution in [0.1, 0.15) is 0 Å². The Labute approximate surface area is 175 Å². The molecule has 2 N–H and O–H groups in total. The van der Waals surface area contributed by atoms with Crippen LogP contribution < -0.4 is 10.0 Å². The maximum atomic E-state index is 14.1. The van der Waals surface area contributed by atoms with Crippen molar-refractivity contribution in [1.82, 2.24) is 9.97 Å². The monoisotopic (exact) mass is 439 g/mol. The van der Waals surface area contributed by atoms with Gasteiger partial charge in [-0.15, -0.1) is 0 Å². The summed E-state index contributed by atoms with van der Waals surface area (Å²) in [4.78, 5) is 18.7. The van der Waals surface area contributed by atoms with Gasteiger partial charge in [-0.1, -0.05) is 24.3 Å². The predicted octanol–water partition coefficient (Wildman–Crippen LogP) is 4.22. The molecule has 156 valence electrons. The number of nitro groups is 1. The molecule has 0 radical (unpaired) electrons. The van der Waals surface area contributed by atoms with Crippen LogP contribution in [0.2, 0.25) is 0 Å². The molecule has 9 nitrogen and oxygen atoms in total. The van der Waals surface area contributed by atoms with Crippen LogP contribution in [-0.2, 0) is 10.0 Å². The van der Waals surface area contributed by atoms with E-state index in [-0.39, 0.29) is 27.9 Å². The molecule has 0 fully saturated rings. The molecule has 3 aromatic carbocycles. The third-order valence-electron chi connectivity index (χ3n) is 4.29. The van der Waals surface area contributed by atoms with Gasteiger partial charge in [0.15, 0.2) is 11.6 Å². The second-order valence-electron chi connectivity index (χ2n) is 6.37. The van der Waals surface area contributed by atoms with Crippen LogP contribution in [0.4, 0.5) is 27.4 Å². The molecule has 0 aliphatic heterocycles. The lowest BCUT2D eigenvalue weighted by atomic mass is 10.3. The van der Waals surface area contributed by atoms with Crippen LogP contribution in [0.5, 0.6) is 0 Å². The van der Waals surface area contributed by atoms with Crippen LogP contribution in [-0.4, -0.2) is 23.3 Å². The van der Waals surface area contributed by atoms with Crippen molar-refractivity contribution in [2.24, 2.45) is 0 Å². The number of non-ortho nitro benzene ring substituents is 1. The number of nitrogens with one attached hydrogen (secondary N) is 2. The van der Waals surface area contributed by atoms with Crippen molar-refractivity contribution in [3.63, 3.8) is 0 Å². The Morgan fingerprint density at radius 3 is 2.03 bits per heavy atom. The van der Waals surface area contributed by atoms with E-state index in [0.717, 1.165) is 24.3 Å². The Balaban J connectivity index is 1.76. The molecule has 4 rings (SSSR count). The lowest BCUT2D eigenvalue weighted by Gasteiger charge is -2.14. The minimum absolute atomic E-state index is 0.00529. The number of para-hydroxylation sites is 3. The highest BCUT2D eigenvalue weighted by Gasteiger charge is 2.20. The zero-order valence-corrected chi connectivity index (χ0v) is 16.5. The molecule has 4 aromatic rings. The van der Waals surface area contributed by atoms with Gasteiger partial charge in [0, 0.05) is 12.1 Å². The average Bonchev–Trinajstić information content (AvgIpc) is 2.75. The van der Waals surface area contributed by atoms with Gasteiger partial charge in [0.25, 0.3) is 15.7 Å². The molecule has 0 amide bonds. The standard InChI is InChI=1S/C20H14FN5O4S/c21-15-5-1-2-6-16(15)22-19-20(24-18-8-4-3-7-17(18)23-19)25-31(29,30)14-11-9-13(10-12-14)26(27)28/h1-12H,(H,22,23)(H,24,25). The zero-order valence-electron chi connectivity index (χ0n) is 15.7. The number of benzene rings is 3. The highest BCUT2D eigenvalue weighted by molar-refractivity contribution is 7.92. The van der Waals surface area contributed by atoms with Gasteiger partial charge < -0.3 is 5.32 Å². The maximum absolute atomic E-state index is 14.1. The Morgan fingerprint density at radius 1 is 0.839 bits per heavy atom. The van der Waals surface area contributed by atoms with Crippen LogP contribution in [0.15, 0.2) is 77.7 Å². The third-order valence-corrected chi connectivity index (χ3v) is 5.64. The average molecular weight is 439 g/mol. The minimum Gasteiger partial charge on any atom is -0.335 e. The van der Waals surface area contributed by atoms with E-state index in [1.807, 2.05) is 0 Å². The van der Waals surface area contributed by atoms with Crippen LogP contribution >= 0.6 is 0 Å². The van der Waals surface area contributed by atoms with Gasteiger partial charge >= 0.3 is 0 Å². The van der Waals surface area contributed by atoms with Gasteiger partial charge in [-0.05, 0) is 36.4 Å². The molecule has 0 atom stereocenters. The highest BCUT2D eigenvalue weighted by atomic mass is 32.2. The molecule has 0 spiro atoms. The molecule has 1 aromatic heterocycles. The molecule has 11 heteroatoms. The van der Waals surface area contributed by atoms with Crippen molar-refractivity contribution in [1.29, 1.82) is 0 Å². The van der Waals surface area contributed by atoms with Crippen LogP contribution in [0.3, 0.4) is 0 Å². The summed E-state index contributed by atoms with van der Waals surface area (Å²) in [5.41, 5.74) is 0.733. The quantitative estimate of drug-likeness (QED) is 0.340. The molecule has 0 unspecified atom stereocenters. The number of nitrogens with zero attached hydrogens (tertiary/aromatic N) is 3. The Morgan fingerprint density at radius 2 is 1.42 bits per heavy atom. The molecular weight excluding hydrogens is 425 g/mol. The van der Waals surface area contributed by atoms with E-state index in [2.05, 4.69) is 20.0 Å². The van der Waals surface area contributed by atoms with E-state index in [0.29, 0.717) is 11.0 Å². The number of halogens is 1. The summed E-state index contributed by atoms with van der Waals surface area (Å²) in [7, 11) is -4.16. The van der Waals surface area contributed by atoms with Crippen molar-refractivity contribution < 1.29 is 17.7 Å². The van der Waals surface area contributed by atoms with E-state index in [1.165, 1.54) is 18.2 Å². The summed E-state index contributed by atoms with van der Waals surface area (Å²) < 4.78 is 42.1. The maximum Gasteiger partial charge on any atom is 0.269 e. The van der Waals surface area contributed by atoms with Crippen LogP contribution in [0, 0.1) is 15.9 Å². The van der Waals surface area contributed by atoms with Gasteiger partial charge in [0.05, 0.1) is 26.5 Å². The zero-order chi connectivity index (χ0) is 22.0. The Kier molecular flexibility index (Phi) is 5.17. The fourth-order valence-corrected chi connectivity index (χ4v) is 3.79. The van der Waals surface area contributed by atoms with E-state index in [1.54, 1.807) is 30.3 Å². The smallest absolute Gasteiger partial charge is 0.269 e.